The second kappa shape index (κ2) is 10.3. The molecule has 280 valence electrons. The molecule has 0 aromatic carbocycles. The van der Waals surface area contributed by atoms with Crippen molar-refractivity contribution in [2.75, 3.05) is 19.8 Å². The smallest absolute Gasteiger partial charge is 0.339 e. The van der Waals surface area contributed by atoms with E-state index in [-0.39, 0.29) is 30.2 Å². The normalized spacial score (nSPS) is 53.1. The SMILES string of the molecule is CC1(C)OC2C3CCC4CC5(C)C(c6ccoc6CCC6CCC7C(C=CN8CNCC78)C6)OC(=O)C6OC65C5(C)C(O)C(=O)C1C2(COC3=O)C45. The zero-order valence-corrected chi connectivity index (χ0v) is 30.7. The maximum absolute atomic E-state index is 14.7. The second-order valence-corrected chi connectivity index (χ2v) is 19.4. The van der Waals surface area contributed by atoms with Gasteiger partial charge >= 0.3 is 11.9 Å². The van der Waals surface area contributed by atoms with Crippen LogP contribution in [0.4, 0.5) is 0 Å². The van der Waals surface area contributed by atoms with Crippen LogP contribution in [0.5, 0.6) is 0 Å². The van der Waals surface area contributed by atoms with Crippen LogP contribution in [0.15, 0.2) is 29.0 Å². The van der Waals surface area contributed by atoms with Crippen LogP contribution in [-0.4, -0.2) is 83.1 Å². The Kier molecular flexibility index (Phi) is 6.48. The number of aliphatic hydroxyl groups excluding tert-OH is 1. The Hall–Kier alpha value is -2.73. The molecule has 2 N–H and O–H groups in total. The molecular formula is C41H52N2O9. The number of carbonyl (C=O) groups is 3. The van der Waals surface area contributed by atoms with Gasteiger partial charge in [0, 0.05) is 40.8 Å². The molecule has 0 amide bonds. The van der Waals surface area contributed by atoms with Crippen LogP contribution in [0.1, 0.15) is 90.1 Å². The summed E-state index contributed by atoms with van der Waals surface area (Å²) in [6.45, 7) is 10.1. The van der Waals surface area contributed by atoms with Crippen LogP contribution >= 0.6 is 0 Å². The number of esters is 2. The Morgan fingerprint density at radius 2 is 1.87 bits per heavy atom. The molecule has 2 spiro atoms. The van der Waals surface area contributed by atoms with Gasteiger partial charge in [-0.05, 0) is 94.2 Å². The fourth-order valence-electron chi connectivity index (χ4n) is 15.3. The number of ketones is 1. The van der Waals surface area contributed by atoms with E-state index in [0.29, 0.717) is 36.6 Å². The topological polar surface area (TPSA) is 140 Å². The highest BCUT2D eigenvalue weighted by Gasteiger charge is 2.92. The second-order valence-electron chi connectivity index (χ2n) is 19.4. The van der Waals surface area contributed by atoms with Crippen molar-refractivity contribution in [3.8, 4) is 0 Å². The lowest BCUT2D eigenvalue weighted by Crippen LogP contribution is -2.77. The van der Waals surface area contributed by atoms with Gasteiger partial charge in [0.15, 0.2) is 11.9 Å². The zero-order valence-electron chi connectivity index (χ0n) is 30.7. The summed E-state index contributed by atoms with van der Waals surface area (Å²) in [5.74, 6) is 0.332. The van der Waals surface area contributed by atoms with Crippen LogP contribution in [0.25, 0.3) is 0 Å². The van der Waals surface area contributed by atoms with Crippen molar-refractivity contribution in [2.24, 2.45) is 57.7 Å². The van der Waals surface area contributed by atoms with Crippen molar-refractivity contribution in [1.29, 1.82) is 0 Å². The third kappa shape index (κ3) is 3.66. The van der Waals surface area contributed by atoms with Gasteiger partial charge in [-0.3, -0.25) is 14.9 Å². The minimum Gasteiger partial charge on any atom is -0.469 e. The van der Waals surface area contributed by atoms with Crippen LogP contribution < -0.4 is 5.32 Å². The Labute approximate surface area is 304 Å². The van der Waals surface area contributed by atoms with Crippen LogP contribution in [-0.2, 0) is 39.8 Å². The largest absolute Gasteiger partial charge is 0.469 e. The van der Waals surface area contributed by atoms with Crippen molar-refractivity contribution in [3.05, 3.63) is 35.9 Å². The first-order valence-electron chi connectivity index (χ1n) is 20.0. The highest BCUT2D eigenvalue weighted by Crippen LogP contribution is 2.82. The summed E-state index contributed by atoms with van der Waals surface area (Å²) < 4.78 is 32.1. The number of hydrogen-bond donors (Lipinski definition) is 2. The summed E-state index contributed by atoms with van der Waals surface area (Å²) in [7, 11) is 0. The minimum absolute atomic E-state index is 0.00889. The molecule has 5 saturated heterocycles. The molecule has 1 aromatic rings. The summed E-state index contributed by atoms with van der Waals surface area (Å²) in [5, 5.41) is 16.0. The number of allylic oxidation sites excluding steroid dienone is 1. The number of nitrogens with one attached hydrogen (secondary N) is 1. The zero-order chi connectivity index (χ0) is 35.7. The van der Waals surface area contributed by atoms with Crippen LogP contribution in [0.2, 0.25) is 0 Å². The van der Waals surface area contributed by atoms with Gasteiger partial charge in [0.25, 0.3) is 0 Å². The van der Waals surface area contributed by atoms with Gasteiger partial charge in [0.05, 0.1) is 36.5 Å². The Morgan fingerprint density at radius 3 is 2.71 bits per heavy atom. The van der Waals surface area contributed by atoms with Crippen molar-refractivity contribution in [2.45, 2.75) is 121 Å². The molecule has 16 atom stereocenters. The molecule has 2 bridgehead atoms. The number of epoxide rings is 1. The lowest BCUT2D eigenvalue weighted by Gasteiger charge is -2.68. The van der Waals surface area contributed by atoms with Gasteiger partial charge in [-0.15, -0.1) is 0 Å². The highest BCUT2D eigenvalue weighted by atomic mass is 16.7. The van der Waals surface area contributed by atoms with Crippen LogP contribution in [0.3, 0.4) is 0 Å². The summed E-state index contributed by atoms with van der Waals surface area (Å²) >= 11 is 0. The molecule has 10 aliphatic rings. The number of fused-ring (bicyclic) bond motifs is 3. The van der Waals surface area contributed by atoms with E-state index in [1.54, 1.807) is 6.26 Å². The van der Waals surface area contributed by atoms with E-state index in [1.165, 1.54) is 19.3 Å². The summed E-state index contributed by atoms with van der Waals surface area (Å²) in [4.78, 5) is 44.6. The quantitative estimate of drug-likeness (QED) is 0.344. The molecule has 11 heteroatoms. The van der Waals surface area contributed by atoms with E-state index in [9.17, 15) is 19.5 Å². The lowest BCUT2D eigenvalue weighted by atomic mass is 9.34. The molecule has 4 aliphatic carbocycles. The van der Waals surface area contributed by atoms with Crippen molar-refractivity contribution >= 4 is 17.7 Å². The molecule has 7 heterocycles. The van der Waals surface area contributed by atoms with Crippen LogP contribution in [0, 0.1) is 57.7 Å². The number of ether oxygens (including phenoxy) is 4. The third-order valence-corrected chi connectivity index (χ3v) is 17.0. The van der Waals surface area contributed by atoms with Crippen molar-refractivity contribution in [3.63, 3.8) is 0 Å². The molecule has 4 saturated carbocycles. The number of furan rings is 1. The predicted octanol–water partition coefficient (Wildman–Crippen LogP) is 4.08. The number of cyclic esters (lactones) is 2. The van der Waals surface area contributed by atoms with Gasteiger partial charge in [0.1, 0.15) is 30.2 Å². The molecule has 11 nitrogen and oxygen atoms in total. The molecule has 16 unspecified atom stereocenters. The summed E-state index contributed by atoms with van der Waals surface area (Å²) in [6, 6.07) is 2.56. The molecule has 6 aliphatic heterocycles. The number of Topliss-reactive ketones (excluding diaryl/α,β-unsaturated/α-hetero) is 1. The van der Waals surface area contributed by atoms with E-state index in [1.807, 2.05) is 26.8 Å². The van der Waals surface area contributed by atoms with E-state index in [2.05, 4.69) is 29.4 Å². The van der Waals surface area contributed by atoms with Gasteiger partial charge in [-0.1, -0.05) is 26.3 Å². The van der Waals surface area contributed by atoms with Gasteiger partial charge < -0.3 is 33.4 Å². The van der Waals surface area contributed by atoms with E-state index >= 15 is 0 Å². The third-order valence-electron chi connectivity index (χ3n) is 17.0. The first kappa shape index (κ1) is 32.7. The van der Waals surface area contributed by atoms with E-state index in [0.717, 1.165) is 43.8 Å². The number of hydrogen-bond acceptors (Lipinski definition) is 11. The Bertz CT molecular complexity index is 1790. The average Bonchev–Trinajstić information content (AvgIpc) is 3.37. The minimum atomic E-state index is -1.39. The highest BCUT2D eigenvalue weighted by molar-refractivity contribution is 5.92. The molecule has 11 rings (SSSR count). The Balaban J connectivity index is 0.946. The molecule has 9 fully saturated rings. The summed E-state index contributed by atoms with van der Waals surface area (Å²) in [6.07, 6.45) is 10.3. The van der Waals surface area contributed by atoms with Gasteiger partial charge in [-0.2, -0.15) is 0 Å². The molecule has 52 heavy (non-hydrogen) atoms. The number of aryl methyl sites for hydroxylation is 1. The average molecular weight is 717 g/mol. The molecular weight excluding hydrogens is 664 g/mol. The number of nitrogens with zero attached hydrogens (tertiary/aromatic N) is 1. The van der Waals surface area contributed by atoms with Gasteiger partial charge in [-0.25, -0.2) is 4.79 Å². The van der Waals surface area contributed by atoms with E-state index in [4.69, 9.17) is 23.4 Å². The Morgan fingerprint density at radius 1 is 1.02 bits per heavy atom. The fraction of sp³-hybridized carbons (Fsp3) is 0.780. The first-order chi connectivity index (χ1) is 24.9. The lowest BCUT2D eigenvalue weighted by molar-refractivity contribution is -0.266. The number of aliphatic hydroxyl groups is 1. The standard InChI is InChI=1S/C41H52N2O9/c1-37(2)30-28(44)31(45)39(4)29-22(7-9-25-33(51-37)40(29,30)18-49-35(25)46)16-38(3)32(50-36(47)34-41(38,39)52-34)24-12-14-48-27(24)10-6-20-5-8-23-21(15-20)11-13-43-19-42-17-26(23)43/h11-14,20-23,25-26,29-34,42,45H,5-10,15-19H2,1-4H3. The predicted molar refractivity (Wildman–Crippen MR) is 183 cm³/mol. The first-order valence-corrected chi connectivity index (χ1v) is 20.0. The van der Waals surface area contributed by atoms with Gasteiger partial charge in [0.2, 0.25) is 0 Å². The molecule has 1 aromatic heterocycles. The van der Waals surface area contributed by atoms with E-state index < -0.39 is 69.7 Å². The maximum atomic E-state index is 14.7. The monoisotopic (exact) mass is 716 g/mol. The number of rotatable bonds is 4. The van der Waals surface area contributed by atoms with Crippen molar-refractivity contribution in [1.82, 2.24) is 10.2 Å². The number of carbonyl (C=O) groups excluding carboxylic acids is 3. The molecule has 0 radical (unpaired) electrons. The van der Waals surface area contributed by atoms with Crippen molar-refractivity contribution < 1.29 is 42.9 Å². The fourth-order valence-corrected chi connectivity index (χ4v) is 15.3. The summed E-state index contributed by atoms with van der Waals surface area (Å²) in [5.41, 5.74) is -3.92. The maximum Gasteiger partial charge on any atom is 0.339 e.